The second-order valence-corrected chi connectivity index (χ2v) is 8.21. The summed E-state index contributed by atoms with van der Waals surface area (Å²) in [6.45, 7) is 6.14. The number of carbonyl (C=O) groups is 3. The Labute approximate surface area is 186 Å². The highest BCUT2D eigenvalue weighted by atomic mass is 16.5. The molecule has 1 saturated heterocycles. The summed E-state index contributed by atoms with van der Waals surface area (Å²) in [5.41, 5.74) is 1.33. The van der Waals surface area contributed by atoms with Crippen LogP contribution in [0.1, 0.15) is 51.3 Å². The Morgan fingerprint density at radius 3 is 2.50 bits per heavy atom. The number of nitrogens with one attached hydrogen (secondary N) is 1. The number of esters is 1. The largest absolute Gasteiger partial charge is 0.507 e. The fourth-order valence-corrected chi connectivity index (χ4v) is 4.11. The molecule has 1 atom stereocenters. The van der Waals surface area contributed by atoms with Crippen LogP contribution in [0.5, 0.6) is 0 Å². The minimum absolute atomic E-state index is 0.0594. The average molecular weight is 444 g/mol. The molecule has 3 heterocycles. The molecule has 0 radical (unpaired) electrons. The van der Waals surface area contributed by atoms with Gasteiger partial charge in [-0.05, 0) is 65.5 Å². The molecule has 32 heavy (non-hydrogen) atoms. The van der Waals surface area contributed by atoms with Gasteiger partial charge in [0.25, 0.3) is 11.7 Å². The maximum atomic E-state index is 13.1. The van der Waals surface area contributed by atoms with Gasteiger partial charge < -0.3 is 29.0 Å². The van der Waals surface area contributed by atoms with Crippen LogP contribution in [0.25, 0.3) is 5.76 Å². The normalized spacial score (nSPS) is 18.1. The van der Waals surface area contributed by atoms with E-state index in [1.165, 1.54) is 12.0 Å². The number of hydrogen-bond donors (Lipinski definition) is 2. The van der Waals surface area contributed by atoms with Gasteiger partial charge in [0.1, 0.15) is 29.0 Å². The number of hydrogen-bond acceptors (Lipinski definition) is 7. The van der Waals surface area contributed by atoms with E-state index in [0.717, 1.165) is 6.54 Å². The summed E-state index contributed by atoms with van der Waals surface area (Å²) in [5, 5.41) is 11.3. The van der Waals surface area contributed by atoms with Gasteiger partial charge in [0.2, 0.25) is 0 Å². The van der Waals surface area contributed by atoms with Gasteiger partial charge in [-0.3, -0.25) is 9.59 Å². The smallest absolute Gasteiger partial charge is 0.354 e. The number of ether oxygens (including phenoxy) is 1. The highest BCUT2D eigenvalue weighted by Gasteiger charge is 2.47. The molecular weight excluding hydrogens is 414 g/mol. The second kappa shape index (κ2) is 9.04. The first kappa shape index (κ1) is 23.3. The molecular formula is C23H29N3O6. The third kappa shape index (κ3) is 4.08. The van der Waals surface area contributed by atoms with Crippen LogP contribution in [0.15, 0.2) is 22.1 Å². The van der Waals surface area contributed by atoms with E-state index in [-0.39, 0.29) is 17.0 Å². The first-order valence-corrected chi connectivity index (χ1v) is 10.4. The molecule has 172 valence electrons. The number of methoxy groups -OCH3 is 1. The van der Waals surface area contributed by atoms with E-state index in [1.54, 1.807) is 32.9 Å². The van der Waals surface area contributed by atoms with E-state index in [1.807, 2.05) is 19.0 Å². The van der Waals surface area contributed by atoms with E-state index in [0.29, 0.717) is 41.3 Å². The zero-order valence-electron chi connectivity index (χ0n) is 19.2. The summed E-state index contributed by atoms with van der Waals surface area (Å²) in [6, 6.07) is 2.59. The number of aryl methyl sites for hydroxylation is 2. The number of aromatic nitrogens is 1. The summed E-state index contributed by atoms with van der Waals surface area (Å²) < 4.78 is 10.6. The average Bonchev–Trinajstić information content (AvgIpc) is 3.36. The molecule has 0 unspecified atom stereocenters. The van der Waals surface area contributed by atoms with Gasteiger partial charge in [0.15, 0.2) is 0 Å². The molecule has 1 fully saturated rings. The zero-order chi connectivity index (χ0) is 23.7. The van der Waals surface area contributed by atoms with Gasteiger partial charge in [-0.2, -0.15) is 0 Å². The second-order valence-electron chi connectivity index (χ2n) is 8.21. The number of Topliss-reactive ketones (excluding diaryl/α,β-unsaturated/α-hetero) is 1. The summed E-state index contributed by atoms with van der Waals surface area (Å²) in [6.07, 6.45) is 0.644. The molecule has 9 nitrogen and oxygen atoms in total. The van der Waals surface area contributed by atoms with Crippen LogP contribution in [-0.2, 0) is 14.3 Å². The van der Waals surface area contributed by atoms with Gasteiger partial charge in [0.05, 0.1) is 12.7 Å². The molecule has 2 aromatic heterocycles. The number of rotatable bonds is 7. The fraction of sp³-hybridized carbons (Fsp3) is 0.435. The van der Waals surface area contributed by atoms with Crippen LogP contribution in [0.4, 0.5) is 0 Å². The number of likely N-dealkylation sites (tertiary alicyclic amines) is 1. The number of nitrogens with zero attached hydrogens (tertiary/aromatic N) is 2. The molecule has 1 amide bonds. The maximum Gasteiger partial charge on any atom is 0.354 e. The number of aromatic amines is 1. The van der Waals surface area contributed by atoms with Crippen molar-refractivity contribution in [2.75, 3.05) is 34.3 Å². The number of ketones is 1. The van der Waals surface area contributed by atoms with E-state index in [4.69, 9.17) is 9.15 Å². The van der Waals surface area contributed by atoms with Crippen molar-refractivity contribution in [2.45, 2.75) is 33.2 Å². The number of aliphatic hydroxyl groups excluding tert-OH is 1. The highest BCUT2D eigenvalue weighted by molar-refractivity contribution is 6.46. The first-order valence-electron chi connectivity index (χ1n) is 10.4. The Morgan fingerprint density at radius 1 is 1.25 bits per heavy atom. The van der Waals surface area contributed by atoms with Crippen molar-refractivity contribution < 1.29 is 28.6 Å². The van der Waals surface area contributed by atoms with Crippen molar-refractivity contribution in [2.24, 2.45) is 0 Å². The van der Waals surface area contributed by atoms with Crippen molar-refractivity contribution in [1.29, 1.82) is 0 Å². The van der Waals surface area contributed by atoms with Crippen molar-refractivity contribution in [3.05, 3.63) is 51.7 Å². The van der Waals surface area contributed by atoms with Gasteiger partial charge in [-0.15, -0.1) is 0 Å². The Balaban J connectivity index is 2.15. The summed E-state index contributed by atoms with van der Waals surface area (Å²) >= 11 is 0. The van der Waals surface area contributed by atoms with E-state index in [9.17, 15) is 19.5 Å². The van der Waals surface area contributed by atoms with Gasteiger partial charge in [-0.25, -0.2) is 4.79 Å². The van der Waals surface area contributed by atoms with E-state index >= 15 is 0 Å². The predicted octanol–water partition coefficient (Wildman–Crippen LogP) is 2.69. The third-order valence-corrected chi connectivity index (χ3v) is 5.64. The van der Waals surface area contributed by atoms with Crippen LogP contribution >= 0.6 is 0 Å². The Morgan fingerprint density at radius 2 is 1.94 bits per heavy atom. The van der Waals surface area contributed by atoms with Crippen LogP contribution in [0.2, 0.25) is 0 Å². The lowest BCUT2D eigenvalue weighted by molar-refractivity contribution is -0.140. The van der Waals surface area contributed by atoms with Crippen molar-refractivity contribution >= 4 is 23.4 Å². The number of aliphatic hydroxyl groups is 1. The van der Waals surface area contributed by atoms with E-state index in [2.05, 4.69) is 4.98 Å². The molecule has 0 saturated carbocycles. The number of carbonyl (C=O) groups excluding carboxylic acids is 3. The zero-order valence-corrected chi connectivity index (χ0v) is 19.2. The number of amides is 1. The molecule has 0 aliphatic carbocycles. The Hall–Kier alpha value is -3.33. The number of H-pyrrole nitrogens is 1. The Kier molecular flexibility index (Phi) is 6.59. The minimum Gasteiger partial charge on any atom is -0.507 e. The maximum absolute atomic E-state index is 13.1. The van der Waals surface area contributed by atoms with Gasteiger partial charge >= 0.3 is 5.97 Å². The molecule has 2 N–H and O–H groups in total. The third-order valence-electron chi connectivity index (χ3n) is 5.64. The topological polar surface area (TPSA) is 116 Å². The SMILES string of the molecule is COC(=O)c1[nH]c(C)c(C(O)=C2C(=O)C(=O)N(CCCN(C)C)[C@@H]2c2ccc(C)o2)c1C. The summed E-state index contributed by atoms with van der Waals surface area (Å²) in [4.78, 5) is 44.4. The molecule has 9 heteroatoms. The molecule has 0 spiro atoms. The summed E-state index contributed by atoms with van der Waals surface area (Å²) in [7, 11) is 5.12. The number of furan rings is 1. The van der Waals surface area contributed by atoms with Crippen LogP contribution in [0, 0.1) is 20.8 Å². The highest BCUT2D eigenvalue weighted by Crippen LogP contribution is 2.41. The van der Waals surface area contributed by atoms with Crippen LogP contribution in [-0.4, -0.2) is 71.8 Å². The molecule has 0 aromatic carbocycles. The van der Waals surface area contributed by atoms with Crippen LogP contribution in [0.3, 0.4) is 0 Å². The molecule has 1 aliphatic rings. The van der Waals surface area contributed by atoms with Crippen LogP contribution < -0.4 is 0 Å². The lowest BCUT2D eigenvalue weighted by Gasteiger charge is -2.24. The monoisotopic (exact) mass is 443 g/mol. The summed E-state index contributed by atoms with van der Waals surface area (Å²) in [5.74, 6) is -1.40. The van der Waals surface area contributed by atoms with Crippen molar-refractivity contribution in [3.63, 3.8) is 0 Å². The fourth-order valence-electron chi connectivity index (χ4n) is 4.11. The standard InChI is InChI=1S/C23H29N3O6/c1-12-8-9-15(32-12)19-17(21(28)22(29)26(19)11-7-10-25(4)5)20(27)16-13(2)18(23(30)31-6)24-14(16)3/h8-9,19,24,27H,7,10-11H2,1-6H3/t19-/m1/s1. The van der Waals surface area contributed by atoms with Crippen molar-refractivity contribution in [3.8, 4) is 0 Å². The Bertz CT molecular complexity index is 1090. The molecule has 1 aliphatic heterocycles. The minimum atomic E-state index is -0.860. The van der Waals surface area contributed by atoms with Gasteiger partial charge in [-0.1, -0.05) is 0 Å². The van der Waals surface area contributed by atoms with Crippen molar-refractivity contribution in [1.82, 2.24) is 14.8 Å². The molecule has 2 aromatic rings. The van der Waals surface area contributed by atoms with Gasteiger partial charge in [0, 0.05) is 17.8 Å². The lowest BCUT2D eigenvalue weighted by atomic mass is 9.97. The molecule has 3 rings (SSSR count). The first-order chi connectivity index (χ1) is 15.1. The molecule has 0 bridgehead atoms. The van der Waals surface area contributed by atoms with E-state index < -0.39 is 23.7 Å². The quantitative estimate of drug-likeness (QED) is 0.292. The predicted molar refractivity (Wildman–Crippen MR) is 117 cm³/mol. The lowest BCUT2D eigenvalue weighted by Crippen LogP contribution is -2.32.